The molecule has 2 rings (SSSR count). The summed E-state index contributed by atoms with van der Waals surface area (Å²) in [6, 6.07) is 9.33. The molecule has 0 unspecified atom stereocenters. The molecule has 0 heterocycles. The van der Waals surface area contributed by atoms with Crippen LogP contribution in [0.2, 0.25) is 0 Å². The summed E-state index contributed by atoms with van der Waals surface area (Å²) in [5.41, 5.74) is 7.03. The highest BCUT2D eigenvalue weighted by Gasteiger charge is 2.31. The molecule has 0 fully saturated rings. The molecule has 0 radical (unpaired) electrons. The molecule has 6 heteroatoms. The van der Waals surface area contributed by atoms with Crippen molar-refractivity contribution in [3.8, 4) is 16.9 Å². The molecular formula is C14H11F4NO. The summed E-state index contributed by atoms with van der Waals surface area (Å²) >= 11 is 0. The molecule has 2 aromatic rings. The summed E-state index contributed by atoms with van der Waals surface area (Å²) < 4.78 is 53.7. The van der Waals surface area contributed by atoms with Gasteiger partial charge < -0.3 is 10.5 Å². The highest BCUT2D eigenvalue weighted by atomic mass is 19.4. The molecule has 0 spiro atoms. The van der Waals surface area contributed by atoms with Crippen LogP contribution in [0.5, 0.6) is 5.75 Å². The lowest BCUT2D eigenvalue weighted by molar-refractivity contribution is -0.274. The second kappa shape index (κ2) is 5.50. The molecule has 2 aromatic carbocycles. The molecule has 2 nitrogen and oxygen atoms in total. The van der Waals surface area contributed by atoms with Crippen molar-refractivity contribution in [2.24, 2.45) is 5.73 Å². The fourth-order valence-corrected chi connectivity index (χ4v) is 1.86. The second-order valence-electron chi connectivity index (χ2n) is 4.08. The molecule has 0 amide bonds. The highest BCUT2D eigenvalue weighted by Crippen LogP contribution is 2.30. The van der Waals surface area contributed by atoms with Gasteiger partial charge in [0.1, 0.15) is 11.6 Å². The topological polar surface area (TPSA) is 35.2 Å². The molecule has 0 aliphatic rings. The highest BCUT2D eigenvalue weighted by molar-refractivity contribution is 5.68. The molecule has 0 aromatic heterocycles. The van der Waals surface area contributed by atoms with Crippen molar-refractivity contribution in [1.82, 2.24) is 0 Å². The van der Waals surface area contributed by atoms with E-state index in [1.54, 1.807) is 6.07 Å². The van der Waals surface area contributed by atoms with E-state index in [9.17, 15) is 17.6 Å². The van der Waals surface area contributed by atoms with Gasteiger partial charge in [-0.25, -0.2) is 4.39 Å². The van der Waals surface area contributed by atoms with Crippen LogP contribution in [0, 0.1) is 5.82 Å². The van der Waals surface area contributed by atoms with Crippen LogP contribution in [0.15, 0.2) is 42.5 Å². The van der Waals surface area contributed by atoms with Gasteiger partial charge in [-0.05, 0) is 41.0 Å². The maximum atomic E-state index is 13.3. The number of nitrogens with two attached hydrogens (primary N) is 1. The Hall–Kier alpha value is -2.08. The van der Waals surface area contributed by atoms with Crippen molar-refractivity contribution in [3.05, 3.63) is 53.8 Å². The third-order valence-corrected chi connectivity index (χ3v) is 2.67. The quantitative estimate of drug-likeness (QED) is 0.869. The van der Waals surface area contributed by atoms with Gasteiger partial charge in [0.15, 0.2) is 0 Å². The Morgan fingerprint density at radius 1 is 1.05 bits per heavy atom. The first-order chi connectivity index (χ1) is 9.39. The number of hydrogen-bond donors (Lipinski definition) is 1. The van der Waals surface area contributed by atoms with Crippen molar-refractivity contribution in [2.45, 2.75) is 12.9 Å². The van der Waals surface area contributed by atoms with Crippen molar-refractivity contribution in [1.29, 1.82) is 0 Å². The molecule has 0 aliphatic carbocycles. The predicted molar refractivity (Wildman–Crippen MR) is 66.4 cm³/mol. The maximum Gasteiger partial charge on any atom is 0.573 e. The molecule has 20 heavy (non-hydrogen) atoms. The molecule has 106 valence electrons. The van der Waals surface area contributed by atoms with Gasteiger partial charge in [0, 0.05) is 6.54 Å². The van der Waals surface area contributed by atoms with Gasteiger partial charge >= 0.3 is 6.36 Å². The third kappa shape index (κ3) is 3.48. The smallest absolute Gasteiger partial charge is 0.406 e. The number of alkyl halides is 3. The monoisotopic (exact) mass is 285 g/mol. The average molecular weight is 285 g/mol. The number of halogens is 4. The van der Waals surface area contributed by atoms with Crippen LogP contribution in [-0.4, -0.2) is 6.36 Å². The Labute approximate surface area is 112 Å². The van der Waals surface area contributed by atoms with Crippen molar-refractivity contribution < 1.29 is 22.3 Å². The average Bonchev–Trinajstić information content (AvgIpc) is 2.37. The van der Waals surface area contributed by atoms with Crippen molar-refractivity contribution in [3.63, 3.8) is 0 Å². The molecule has 0 bridgehead atoms. The third-order valence-electron chi connectivity index (χ3n) is 2.67. The Bertz CT molecular complexity index is 610. The summed E-state index contributed by atoms with van der Waals surface area (Å²) in [6.45, 7) is 0.153. The molecule has 2 N–H and O–H groups in total. The minimum Gasteiger partial charge on any atom is -0.406 e. The van der Waals surface area contributed by atoms with E-state index in [-0.39, 0.29) is 12.3 Å². The maximum absolute atomic E-state index is 13.3. The van der Waals surface area contributed by atoms with Gasteiger partial charge in [-0.3, -0.25) is 0 Å². The first-order valence-electron chi connectivity index (χ1n) is 5.74. The van der Waals surface area contributed by atoms with Crippen LogP contribution in [0.25, 0.3) is 11.1 Å². The molecule has 0 saturated carbocycles. The summed E-state index contributed by atoms with van der Waals surface area (Å²) in [7, 11) is 0. The minimum absolute atomic E-state index is 0.153. The van der Waals surface area contributed by atoms with E-state index in [2.05, 4.69) is 4.74 Å². The van der Waals surface area contributed by atoms with Crippen LogP contribution in [-0.2, 0) is 6.54 Å². The van der Waals surface area contributed by atoms with Gasteiger partial charge in [-0.1, -0.05) is 18.2 Å². The SMILES string of the molecule is NCc1ccc(F)cc1-c1cccc(OC(F)(F)F)c1. The predicted octanol–water partition coefficient (Wildman–Crippen LogP) is 3.85. The van der Waals surface area contributed by atoms with Crippen molar-refractivity contribution >= 4 is 0 Å². The van der Waals surface area contributed by atoms with E-state index in [4.69, 9.17) is 5.73 Å². The number of ether oxygens (including phenoxy) is 1. The first kappa shape index (κ1) is 14.3. The second-order valence-corrected chi connectivity index (χ2v) is 4.08. The zero-order chi connectivity index (χ0) is 14.8. The summed E-state index contributed by atoms with van der Waals surface area (Å²) in [6.07, 6.45) is -4.77. The van der Waals surface area contributed by atoms with E-state index >= 15 is 0 Å². The number of benzene rings is 2. The van der Waals surface area contributed by atoms with Gasteiger partial charge in [-0.2, -0.15) is 0 Å². The number of rotatable bonds is 3. The minimum atomic E-state index is -4.77. The Morgan fingerprint density at radius 3 is 2.45 bits per heavy atom. The Kier molecular flexibility index (Phi) is 3.94. The van der Waals surface area contributed by atoms with Crippen LogP contribution >= 0.6 is 0 Å². The lowest BCUT2D eigenvalue weighted by Gasteiger charge is -2.12. The first-order valence-corrected chi connectivity index (χ1v) is 5.74. The van der Waals surface area contributed by atoms with Crippen molar-refractivity contribution in [2.75, 3.05) is 0 Å². The van der Waals surface area contributed by atoms with Gasteiger partial charge in [0.25, 0.3) is 0 Å². The zero-order valence-electron chi connectivity index (χ0n) is 10.2. The zero-order valence-corrected chi connectivity index (χ0v) is 10.2. The van der Waals surface area contributed by atoms with E-state index in [1.807, 2.05) is 0 Å². The molecule has 0 atom stereocenters. The normalized spacial score (nSPS) is 11.4. The van der Waals surface area contributed by atoms with Crippen LogP contribution in [0.1, 0.15) is 5.56 Å². The van der Waals surface area contributed by atoms with Crippen LogP contribution in [0.4, 0.5) is 17.6 Å². The van der Waals surface area contributed by atoms with Crippen LogP contribution < -0.4 is 10.5 Å². The van der Waals surface area contributed by atoms with E-state index < -0.39 is 12.2 Å². The van der Waals surface area contributed by atoms with Gasteiger partial charge in [0.2, 0.25) is 0 Å². The molecular weight excluding hydrogens is 274 g/mol. The summed E-state index contributed by atoms with van der Waals surface area (Å²) in [5, 5.41) is 0. The van der Waals surface area contributed by atoms with Gasteiger partial charge in [0.05, 0.1) is 0 Å². The lowest BCUT2D eigenvalue weighted by atomic mass is 9.99. The Morgan fingerprint density at radius 2 is 1.80 bits per heavy atom. The van der Waals surface area contributed by atoms with Gasteiger partial charge in [-0.15, -0.1) is 13.2 Å². The summed E-state index contributed by atoms with van der Waals surface area (Å²) in [4.78, 5) is 0. The Balaban J connectivity index is 2.43. The van der Waals surface area contributed by atoms with Crippen LogP contribution in [0.3, 0.4) is 0 Å². The number of hydrogen-bond acceptors (Lipinski definition) is 2. The lowest BCUT2D eigenvalue weighted by Crippen LogP contribution is -2.17. The largest absolute Gasteiger partial charge is 0.573 e. The molecule has 0 saturated heterocycles. The standard InChI is InChI=1S/C14H11F4NO/c15-11-5-4-10(8-19)13(7-11)9-2-1-3-12(6-9)20-14(16,17)18/h1-7H,8,19H2. The fourth-order valence-electron chi connectivity index (χ4n) is 1.86. The van der Waals surface area contributed by atoms with E-state index in [0.29, 0.717) is 16.7 Å². The summed E-state index contributed by atoms with van der Waals surface area (Å²) in [5.74, 6) is -0.846. The van der Waals surface area contributed by atoms with E-state index in [1.165, 1.54) is 36.4 Å². The molecule has 0 aliphatic heterocycles. The van der Waals surface area contributed by atoms with E-state index in [0.717, 1.165) is 0 Å². The fraction of sp³-hybridized carbons (Fsp3) is 0.143.